The number of para-hydroxylation sites is 1. The molecule has 1 aliphatic rings. The van der Waals surface area contributed by atoms with Gasteiger partial charge in [0.05, 0.1) is 4.90 Å². The van der Waals surface area contributed by atoms with Crippen LogP contribution in [0.5, 0.6) is 0 Å². The lowest BCUT2D eigenvalue weighted by molar-refractivity contribution is 0.0951. The number of hydrogen-bond donors (Lipinski definition) is 1. The summed E-state index contributed by atoms with van der Waals surface area (Å²) >= 11 is 0. The van der Waals surface area contributed by atoms with Gasteiger partial charge in [-0.3, -0.25) is 9.69 Å². The Labute approximate surface area is 192 Å². The van der Waals surface area contributed by atoms with Gasteiger partial charge in [0.25, 0.3) is 5.91 Å². The van der Waals surface area contributed by atoms with Crippen molar-refractivity contribution >= 4 is 21.6 Å². The zero-order chi connectivity index (χ0) is 23.0. The largest absolute Gasteiger partial charge is 0.369 e. The van der Waals surface area contributed by atoms with Gasteiger partial charge < -0.3 is 10.2 Å². The lowest BCUT2D eigenvalue weighted by Gasteiger charge is -2.36. The van der Waals surface area contributed by atoms with Gasteiger partial charge in [0.15, 0.2) is 0 Å². The zero-order valence-electron chi connectivity index (χ0n) is 19.0. The summed E-state index contributed by atoms with van der Waals surface area (Å²) in [7, 11) is -3.51. The van der Waals surface area contributed by atoms with Gasteiger partial charge in [-0.25, -0.2) is 8.42 Å². The molecule has 2 aromatic rings. The minimum Gasteiger partial charge on any atom is -0.369 e. The van der Waals surface area contributed by atoms with E-state index in [0.717, 1.165) is 39.1 Å². The quantitative estimate of drug-likeness (QED) is 0.554. The van der Waals surface area contributed by atoms with Crippen molar-refractivity contribution in [2.24, 2.45) is 0 Å². The number of sulfonamides is 1. The summed E-state index contributed by atoms with van der Waals surface area (Å²) in [6, 6.07) is 16.7. The summed E-state index contributed by atoms with van der Waals surface area (Å²) in [4.78, 5) is 17.5. The van der Waals surface area contributed by atoms with Gasteiger partial charge in [0, 0.05) is 57.1 Å². The molecule has 0 atom stereocenters. The molecule has 174 valence electrons. The van der Waals surface area contributed by atoms with E-state index in [4.69, 9.17) is 0 Å². The number of nitrogens with one attached hydrogen (secondary N) is 1. The van der Waals surface area contributed by atoms with Crippen molar-refractivity contribution in [3.63, 3.8) is 0 Å². The number of hydrogen-bond acceptors (Lipinski definition) is 5. The van der Waals surface area contributed by atoms with Crippen molar-refractivity contribution in [3.8, 4) is 0 Å². The van der Waals surface area contributed by atoms with Crippen LogP contribution < -0.4 is 10.2 Å². The molecule has 0 aliphatic carbocycles. The second-order valence-corrected chi connectivity index (χ2v) is 9.83. The molecule has 0 saturated carbocycles. The van der Waals surface area contributed by atoms with E-state index in [1.54, 1.807) is 12.1 Å². The maximum absolute atomic E-state index is 12.6. The number of amides is 1. The third kappa shape index (κ3) is 6.09. The van der Waals surface area contributed by atoms with Crippen molar-refractivity contribution in [2.45, 2.75) is 25.2 Å². The molecule has 1 N–H and O–H groups in total. The minimum atomic E-state index is -3.51. The first-order valence-electron chi connectivity index (χ1n) is 11.4. The second-order valence-electron chi connectivity index (χ2n) is 7.89. The van der Waals surface area contributed by atoms with Gasteiger partial charge >= 0.3 is 0 Å². The van der Waals surface area contributed by atoms with Crippen LogP contribution in [0.2, 0.25) is 0 Å². The molecular weight excluding hydrogens is 424 g/mol. The molecule has 8 heteroatoms. The van der Waals surface area contributed by atoms with Crippen molar-refractivity contribution in [2.75, 3.05) is 57.3 Å². The molecule has 0 radical (unpaired) electrons. The van der Waals surface area contributed by atoms with Crippen LogP contribution in [0, 0.1) is 0 Å². The van der Waals surface area contributed by atoms with Crippen LogP contribution in [-0.2, 0) is 10.0 Å². The van der Waals surface area contributed by atoms with Gasteiger partial charge in [0.1, 0.15) is 0 Å². The van der Waals surface area contributed by atoms with Gasteiger partial charge in [-0.05, 0) is 49.4 Å². The van der Waals surface area contributed by atoms with Crippen molar-refractivity contribution in [3.05, 3.63) is 60.2 Å². The van der Waals surface area contributed by atoms with E-state index in [9.17, 15) is 13.2 Å². The Morgan fingerprint density at radius 1 is 0.938 bits per heavy atom. The standard InChI is InChI=1S/C24H34N4O3S/c1-3-28(4-2)32(30,31)23-13-11-21(12-14-23)24(29)25-15-8-16-26-17-19-27(20-18-26)22-9-6-5-7-10-22/h5-7,9-14H,3-4,8,15-20H2,1-2H3,(H,25,29). The molecule has 1 aliphatic heterocycles. The van der Waals surface area contributed by atoms with Crippen LogP contribution >= 0.6 is 0 Å². The molecule has 0 aromatic heterocycles. The first kappa shape index (κ1) is 24.2. The summed E-state index contributed by atoms with van der Waals surface area (Å²) < 4.78 is 26.5. The third-order valence-corrected chi connectivity index (χ3v) is 7.95. The first-order chi connectivity index (χ1) is 15.5. The molecule has 3 rings (SSSR count). The Balaban J connectivity index is 1.40. The fourth-order valence-corrected chi connectivity index (χ4v) is 5.42. The molecule has 32 heavy (non-hydrogen) atoms. The minimum absolute atomic E-state index is 0.175. The lowest BCUT2D eigenvalue weighted by Crippen LogP contribution is -2.47. The molecule has 0 bridgehead atoms. The van der Waals surface area contributed by atoms with Gasteiger partial charge in [0.2, 0.25) is 10.0 Å². The molecule has 1 saturated heterocycles. The van der Waals surface area contributed by atoms with Gasteiger partial charge in [-0.15, -0.1) is 0 Å². The normalized spacial score (nSPS) is 15.2. The molecule has 1 amide bonds. The fraction of sp³-hybridized carbons (Fsp3) is 0.458. The lowest BCUT2D eigenvalue weighted by atomic mass is 10.2. The molecular formula is C24H34N4O3S. The monoisotopic (exact) mass is 458 g/mol. The maximum Gasteiger partial charge on any atom is 0.251 e. The van der Waals surface area contributed by atoms with Crippen LogP contribution in [0.25, 0.3) is 0 Å². The number of nitrogens with zero attached hydrogens (tertiary/aromatic N) is 3. The van der Waals surface area contributed by atoms with E-state index < -0.39 is 10.0 Å². The topological polar surface area (TPSA) is 73.0 Å². The van der Waals surface area contributed by atoms with Crippen molar-refractivity contribution < 1.29 is 13.2 Å². The summed E-state index contributed by atoms with van der Waals surface area (Å²) in [5.41, 5.74) is 1.75. The Bertz CT molecular complexity index is 952. The molecule has 2 aromatic carbocycles. The Hall–Kier alpha value is -2.42. The van der Waals surface area contributed by atoms with E-state index in [-0.39, 0.29) is 10.8 Å². The van der Waals surface area contributed by atoms with Gasteiger partial charge in [-0.1, -0.05) is 32.0 Å². The Morgan fingerprint density at radius 3 is 2.16 bits per heavy atom. The number of rotatable bonds is 10. The average Bonchev–Trinajstić information content (AvgIpc) is 2.83. The van der Waals surface area contributed by atoms with Gasteiger partial charge in [-0.2, -0.15) is 4.31 Å². The number of anilines is 1. The highest BCUT2D eigenvalue weighted by atomic mass is 32.2. The molecule has 1 heterocycles. The van der Waals surface area contributed by atoms with E-state index in [1.165, 1.54) is 22.1 Å². The number of carbonyl (C=O) groups excluding carboxylic acids is 1. The highest BCUT2D eigenvalue weighted by Crippen LogP contribution is 2.17. The SMILES string of the molecule is CCN(CC)S(=O)(=O)c1ccc(C(=O)NCCCN2CCN(c3ccccc3)CC2)cc1. The first-order valence-corrected chi connectivity index (χ1v) is 12.8. The summed E-state index contributed by atoms with van der Waals surface area (Å²) in [5.74, 6) is -0.175. The Kier molecular flexibility index (Phi) is 8.67. The zero-order valence-corrected chi connectivity index (χ0v) is 19.9. The summed E-state index contributed by atoms with van der Waals surface area (Å²) in [6.45, 7) is 10.1. The molecule has 0 spiro atoms. The van der Waals surface area contributed by atoms with Crippen LogP contribution in [-0.4, -0.2) is 75.9 Å². The predicted octanol–water partition coefficient (Wildman–Crippen LogP) is 2.66. The number of carbonyl (C=O) groups is 1. The fourth-order valence-electron chi connectivity index (χ4n) is 3.97. The van der Waals surface area contributed by atoms with Crippen LogP contribution in [0.3, 0.4) is 0 Å². The van der Waals surface area contributed by atoms with E-state index in [2.05, 4.69) is 39.4 Å². The predicted molar refractivity (Wildman–Crippen MR) is 129 cm³/mol. The summed E-state index contributed by atoms with van der Waals surface area (Å²) in [5, 5.41) is 2.94. The average molecular weight is 459 g/mol. The summed E-state index contributed by atoms with van der Waals surface area (Å²) in [6.07, 6.45) is 0.880. The van der Waals surface area contributed by atoms with Crippen LogP contribution in [0.15, 0.2) is 59.5 Å². The molecule has 0 unspecified atom stereocenters. The van der Waals surface area contributed by atoms with Crippen molar-refractivity contribution in [1.29, 1.82) is 0 Å². The maximum atomic E-state index is 12.6. The van der Waals surface area contributed by atoms with E-state index >= 15 is 0 Å². The van der Waals surface area contributed by atoms with Crippen LogP contribution in [0.4, 0.5) is 5.69 Å². The van der Waals surface area contributed by atoms with E-state index in [1.807, 2.05) is 19.9 Å². The van der Waals surface area contributed by atoms with Crippen LogP contribution in [0.1, 0.15) is 30.6 Å². The second kappa shape index (κ2) is 11.4. The molecule has 7 nitrogen and oxygen atoms in total. The smallest absolute Gasteiger partial charge is 0.251 e. The Morgan fingerprint density at radius 2 is 1.56 bits per heavy atom. The highest BCUT2D eigenvalue weighted by molar-refractivity contribution is 7.89. The number of benzene rings is 2. The van der Waals surface area contributed by atoms with E-state index in [0.29, 0.717) is 25.2 Å². The number of piperazine rings is 1. The molecule has 1 fully saturated rings. The third-order valence-electron chi connectivity index (χ3n) is 5.89. The van der Waals surface area contributed by atoms with Crippen molar-refractivity contribution in [1.82, 2.24) is 14.5 Å². The highest BCUT2D eigenvalue weighted by Gasteiger charge is 2.21.